The normalized spacial score (nSPS) is 14.4. The molecule has 2 amide bonds. The zero-order valence-corrected chi connectivity index (χ0v) is 29.0. The van der Waals surface area contributed by atoms with Crippen LogP contribution in [0.15, 0.2) is 0 Å². The molecule has 0 aromatic heterocycles. The molecule has 1 saturated heterocycles. The number of hydrogen-bond donors (Lipinski definition) is 0. The predicted octanol–water partition coefficient (Wildman–Crippen LogP) is 2.65. The molecular weight excluding hydrogens is 657 g/mol. The van der Waals surface area contributed by atoms with Crippen molar-refractivity contribution in [3.63, 3.8) is 0 Å². The number of piperidine rings is 1. The smallest absolute Gasteiger partial charge is 0.232 e. The third-order valence-corrected chi connectivity index (χ3v) is 2.43. The summed E-state index contributed by atoms with van der Waals surface area (Å²) >= 11 is 0. The molecule has 3 nitrogen and oxygen atoms in total. The van der Waals surface area contributed by atoms with Gasteiger partial charge in [0.1, 0.15) is 0 Å². The second kappa shape index (κ2) is 33.3. The van der Waals surface area contributed by atoms with E-state index >= 15 is 0 Å². The van der Waals surface area contributed by atoms with Gasteiger partial charge in [-0.2, -0.15) is 0 Å². The average Bonchev–Trinajstić information content (AvgIpc) is 2.20. The van der Waals surface area contributed by atoms with Crippen molar-refractivity contribution < 1.29 is 173 Å². The molecule has 8 radical (unpaired) electrons. The van der Waals surface area contributed by atoms with E-state index in [2.05, 4.69) is 13.8 Å². The molecule has 9 heteroatoms. The van der Waals surface area contributed by atoms with Gasteiger partial charge in [-0.3, -0.25) is 14.5 Å². The van der Waals surface area contributed by atoms with Crippen molar-refractivity contribution in [1.82, 2.24) is 4.90 Å². The van der Waals surface area contributed by atoms with Crippen LogP contribution < -0.4 is 0 Å². The van der Waals surface area contributed by atoms with Gasteiger partial charge in [0, 0.05) is 191 Å². The Morgan fingerprint density at radius 2 is 1.32 bits per heavy atom. The van der Waals surface area contributed by atoms with Crippen molar-refractivity contribution in [2.24, 2.45) is 5.92 Å². The van der Waals surface area contributed by atoms with Crippen molar-refractivity contribution >= 4 is 20.2 Å². The SMILES string of the molecule is CCC.CCC1CCC(=O)N(CC)C1=O.[B].[CH3-].[Y].[Y].[Y].[Y].[Y]. The third-order valence-electron chi connectivity index (χ3n) is 2.43. The average molecular weight is 684 g/mol. The Balaban J connectivity index is -0.0000000305. The molecule has 1 aliphatic heterocycles. The van der Waals surface area contributed by atoms with Crippen LogP contribution in [-0.2, 0) is 173 Å². The van der Waals surface area contributed by atoms with E-state index in [-0.39, 0.29) is 197 Å². The van der Waals surface area contributed by atoms with Gasteiger partial charge in [-0.15, -0.1) is 0 Å². The first kappa shape index (κ1) is 50.4. The Bertz CT molecular complexity index is 236. The van der Waals surface area contributed by atoms with Gasteiger partial charge in [0.05, 0.1) is 0 Å². The summed E-state index contributed by atoms with van der Waals surface area (Å²) in [5.41, 5.74) is 0. The summed E-state index contributed by atoms with van der Waals surface area (Å²) < 4.78 is 0. The summed E-state index contributed by atoms with van der Waals surface area (Å²) in [5, 5.41) is 0. The first-order valence-electron chi connectivity index (χ1n) is 5.96. The zero-order valence-electron chi connectivity index (χ0n) is 14.8. The van der Waals surface area contributed by atoms with Crippen molar-refractivity contribution in [3.8, 4) is 0 Å². The quantitative estimate of drug-likeness (QED) is 0.255. The first-order chi connectivity index (χ1) is 7.12. The van der Waals surface area contributed by atoms with Gasteiger partial charge in [0.15, 0.2) is 0 Å². The van der Waals surface area contributed by atoms with Crippen molar-refractivity contribution in [1.29, 1.82) is 0 Å². The maximum Gasteiger partial charge on any atom is 0.232 e. The van der Waals surface area contributed by atoms with Crippen LogP contribution in [0.2, 0.25) is 0 Å². The second-order valence-corrected chi connectivity index (χ2v) is 3.83. The number of likely N-dealkylation sites (tertiary alicyclic amines) is 1. The second-order valence-electron chi connectivity index (χ2n) is 3.83. The molecule has 0 bridgehead atoms. The van der Waals surface area contributed by atoms with Crippen LogP contribution in [-0.4, -0.2) is 31.7 Å². The Hall–Kier alpha value is 4.72. The Labute approximate surface area is 265 Å². The topological polar surface area (TPSA) is 37.4 Å². The molecule has 1 atom stereocenters. The van der Waals surface area contributed by atoms with Gasteiger partial charge in [-0.25, -0.2) is 0 Å². The maximum atomic E-state index is 11.5. The molecule has 0 saturated carbocycles. The summed E-state index contributed by atoms with van der Waals surface area (Å²) in [4.78, 5) is 24.1. The number of carbonyl (C=O) groups excluding carboxylic acids is 2. The van der Waals surface area contributed by atoms with E-state index < -0.39 is 0 Å². The monoisotopic (exact) mass is 684 g/mol. The van der Waals surface area contributed by atoms with E-state index in [0.29, 0.717) is 13.0 Å². The van der Waals surface area contributed by atoms with Crippen LogP contribution in [0.1, 0.15) is 53.4 Å². The van der Waals surface area contributed by atoms with E-state index in [0.717, 1.165) is 12.8 Å². The van der Waals surface area contributed by atoms with Crippen LogP contribution in [0.25, 0.3) is 0 Å². The number of carbonyl (C=O) groups is 2. The van der Waals surface area contributed by atoms with E-state index in [1.807, 2.05) is 13.8 Å². The number of rotatable bonds is 2. The van der Waals surface area contributed by atoms with Crippen molar-refractivity contribution in [3.05, 3.63) is 7.43 Å². The molecule has 1 fully saturated rings. The minimum absolute atomic E-state index is 0. The number of nitrogens with zero attached hydrogens (tertiary/aromatic N) is 1. The van der Waals surface area contributed by atoms with E-state index in [1.54, 1.807) is 0 Å². The molecule has 1 aliphatic rings. The molecular formula is C13H26BNO2Y5-. The molecule has 1 heterocycles. The van der Waals surface area contributed by atoms with E-state index in [1.165, 1.54) is 11.3 Å². The number of amides is 2. The fraction of sp³-hybridized carbons (Fsp3) is 0.769. The van der Waals surface area contributed by atoms with Crippen LogP contribution in [0.4, 0.5) is 0 Å². The molecule has 0 spiro atoms. The van der Waals surface area contributed by atoms with Crippen molar-refractivity contribution in [2.45, 2.75) is 53.4 Å². The molecule has 0 aliphatic carbocycles. The van der Waals surface area contributed by atoms with Gasteiger partial charge in [-0.05, 0) is 19.8 Å². The van der Waals surface area contributed by atoms with E-state index in [4.69, 9.17) is 0 Å². The molecule has 22 heavy (non-hydrogen) atoms. The molecule has 1 unspecified atom stereocenters. The summed E-state index contributed by atoms with van der Waals surface area (Å²) in [6, 6.07) is 0. The van der Waals surface area contributed by atoms with Gasteiger partial charge < -0.3 is 7.43 Å². The largest absolute Gasteiger partial charge is 0.358 e. The van der Waals surface area contributed by atoms with Gasteiger partial charge in [0.25, 0.3) is 0 Å². The van der Waals surface area contributed by atoms with Gasteiger partial charge in [0.2, 0.25) is 11.8 Å². The van der Waals surface area contributed by atoms with Crippen LogP contribution in [0, 0.1) is 13.3 Å². The van der Waals surface area contributed by atoms with Crippen molar-refractivity contribution in [2.75, 3.05) is 6.54 Å². The predicted molar refractivity (Wildman–Crippen MR) is 73.5 cm³/mol. The minimum Gasteiger partial charge on any atom is -0.358 e. The zero-order chi connectivity index (χ0) is 11.8. The summed E-state index contributed by atoms with van der Waals surface area (Å²) in [7, 11) is 0. The Morgan fingerprint density at radius 3 is 1.59 bits per heavy atom. The standard InChI is InChI=1S/C9H15NO2.C3H8.CH3.B.5Y/c1-3-7-5-6-8(11)10(4-2)9(7)12;1-3-2;;;;;;;/h7H,3-6H2,1-2H3;3H2,1-2H3;1H3;;;;;;/q;;-1;;;;;;. The first-order valence-corrected chi connectivity index (χ1v) is 5.96. The number of imide groups is 1. The van der Waals surface area contributed by atoms with Gasteiger partial charge >= 0.3 is 0 Å². The molecule has 0 aromatic carbocycles. The van der Waals surface area contributed by atoms with Crippen LogP contribution in [0.3, 0.4) is 0 Å². The molecule has 0 N–H and O–H groups in total. The number of hydrogen-bond acceptors (Lipinski definition) is 2. The fourth-order valence-electron chi connectivity index (χ4n) is 1.61. The Morgan fingerprint density at radius 1 is 0.955 bits per heavy atom. The van der Waals surface area contributed by atoms with Crippen LogP contribution in [0.5, 0.6) is 0 Å². The fourth-order valence-corrected chi connectivity index (χ4v) is 1.61. The summed E-state index contributed by atoms with van der Waals surface area (Å²) in [5.74, 6) is 0.103. The molecule has 114 valence electrons. The Kier molecular flexibility index (Phi) is 76.4. The summed E-state index contributed by atoms with van der Waals surface area (Å²) in [6.07, 6.45) is 3.38. The minimum atomic E-state index is -0.00722. The van der Waals surface area contributed by atoms with E-state index in [9.17, 15) is 9.59 Å². The van der Waals surface area contributed by atoms with Crippen LogP contribution >= 0.6 is 0 Å². The molecule has 0 aromatic rings. The summed E-state index contributed by atoms with van der Waals surface area (Å²) in [6.45, 7) is 8.61. The van der Waals surface area contributed by atoms with Gasteiger partial charge in [-0.1, -0.05) is 27.2 Å². The maximum absolute atomic E-state index is 11.5. The third kappa shape index (κ3) is 21.0. The molecule has 1 rings (SSSR count).